The molecule has 1 fully saturated rings. The van der Waals surface area contributed by atoms with Crippen molar-refractivity contribution in [3.05, 3.63) is 30.0 Å². The molecule has 1 aliphatic rings. The third-order valence-corrected chi connectivity index (χ3v) is 4.13. The largest absolute Gasteiger partial charge is 0.450 e. The fourth-order valence-corrected chi connectivity index (χ4v) is 3.03. The molecular formula is C16H21N3O2. The van der Waals surface area contributed by atoms with Crippen molar-refractivity contribution in [1.82, 2.24) is 14.7 Å². The first-order valence-corrected chi connectivity index (χ1v) is 7.56. The van der Waals surface area contributed by atoms with Crippen molar-refractivity contribution < 1.29 is 9.53 Å². The summed E-state index contributed by atoms with van der Waals surface area (Å²) in [5, 5.41) is 5.91. The zero-order valence-electron chi connectivity index (χ0n) is 12.6. The smallest absolute Gasteiger partial charge is 0.409 e. The summed E-state index contributed by atoms with van der Waals surface area (Å²) in [6.45, 7) is 5.78. The van der Waals surface area contributed by atoms with Gasteiger partial charge in [-0.05, 0) is 32.8 Å². The van der Waals surface area contributed by atoms with Gasteiger partial charge in [-0.25, -0.2) is 4.79 Å². The molecule has 0 bridgehead atoms. The lowest BCUT2D eigenvalue weighted by atomic mass is 10.1. The number of hydrogen-bond acceptors (Lipinski definition) is 3. The Labute approximate surface area is 124 Å². The van der Waals surface area contributed by atoms with E-state index < -0.39 is 0 Å². The molecular weight excluding hydrogens is 266 g/mol. The van der Waals surface area contributed by atoms with E-state index in [1.165, 1.54) is 10.9 Å². The van der Waals surface area contributed by atoms with E-state index in [-0.39, 0.29) is 6.09 Å². The number of likely N-dealkylation sites (tertiary alicyclic amines) is 1. The van der Waals surface area contributed by atoms with E-state index in [1.54, 1.807) is 4.90 Å². The molecule has 0 N–H and O–H groups in total. The first-order chi connectivity index (χ1) is 10.2. The topological polar surface area (TPSA) is 47.4 Å². The van der Waals surface area contributed by atoms with Crippen molar-refractivity contribution in [3.8, 4) is 0 Å². The van der Waals surface area contributed by atoms with Crippen molar-refractivity contribution in [1.29, 1.82) is 0 Å². The number of para-hydroxylation sites is 1. The van der Waals surface area contributed by atoms with Crippen LogP contribution >= 0.6 is 0 Å². The van der Waals surface area contributed by atoms with Crippen LogP contribution in [0.4, 0.5) is 4.79 Å². The summed E-state index contributed by atoms with van der Waals surface area (Å²) in [5.74, 6) is 0. The first kappa shape index (κ1) is 13.9. The van der Waals surface area contributed by atoms with Gasteiger partial charge in [0, 0.05) is 18.5 Å². The zero-order valence-corrected chi connectivity index (χ0v) is 12.6. The number of fused-ring (bicyclic) bond motifs is 1. The van der Waals surface area contributed by atoms with Crippen LogP contribution in [0, 0.1) is 6.92 Å². The summed E-state index contributed by atoms with van der Waals surface area (Å²) >= 11 is 0. The van der Waals surface area contributed by atoms with E-state index in [2.05, 4.69) is 16.8 Å². The fourth-order valence-electron chi connectivity index (χ4n) is 3.03. The molecule has 0 saturated carbocycles. The molecule has 2 heterocycles. The standard InChI is InChI=1S/C16H21N3O2/c1-3-21-16(20)18-10-8-13(9-11-18)19-15-7-5-4-6-14(15)12(2)17-19/h4-7,13H,3,8-11H2,1-2H3. The van der Waals surface area contributed by atoms with Crippen molar-refractivity contribution in [2.75, 3.05) is 19.7 Å². The van der Waals surface area contributed by atoms with Crippen LogP contribution in [0.1, 0.15) is 31.5 Å². The quantitative estimate of drug-likeness (QED) is 0.852. The SMILES string of the molecule is CCOC(=O)N1CCC(n2nc(C)c3ccccc32)CC1. The molecule has 0 atom stereocenters. The molecule has 0 aliphatic carbocycles. The Morgan fingerprint density at radius 1 is 1.33 bits per heavy atom. The maximum Gasteiger partial charge on any atom is 0.409 e. The van der Waals surface area contributed by atoms with Gasteiger partial charge in [0.25, 0.3) is 0 Å². The molecule has 5 nitrogen and oxygen atoms in total. The minimum Gasteiger partial charge on any atom is -0.450 e. The number of ether oxygens (including phenoxy) is 1. The summed E-state index contributed by atoms with van der Waals surface area (Å²) in [7, 11) is 0. The van der Waals surface area contributed by atoms with Gasteiger partial charge in [0.05, 0.1) is 23.9 Å². The molecule has 0 radical (unpaired) electrons. The summed E-state index contributed by atoms with van der Waals surface area (Å²) in [6.07, 6.45) is 1.64. The minimum absolute atomic E-state index is 0.197. The van der Waals surface area contributed by atoms with E-state index in [4.69, 9.17) is 9.84 Å². The van der Waals surface area contributed by atoms with Crippen LogP contribution in [-0.2, 0) is 4.74 Å². The highest BCUT2D eigenvalue weighted by atomic mass is 16.6. The average Bonchev–Trinajstić information content (AvgIpc) is 2.85. The van der Waals surface area contributed by atoms with Crippen LogP contribution < -0.4 is 0 Å². The van der Waals surface area contributed by atoms with Crippen LogP contribution in [0.5, 0.6) is 0 Å². The maximum atomic E-state index is 11.7. The zero-order chi connectivity index (χ0) is 14.8. The molecule has 5 heteroatoms. The number of aryl methyl sites for hydroxylation is 1. The number of piperidine rings is 1. The number of amides is 1. The van der Waals surface area contributed by atoms with E-state index in [9.17, 15) is 4.79 Å². The Bertz CT molecular complexity index is 642. The lowest BCUT2D eigenvalue weighted by Gasteiger charge is -2.31. The predicted molar refractivity (Wildman–Crippen MR) is 81.3 cm³/mol. The molecule has 1 aromatic heterocycles. The molecule has 1 saturated heterocycles. The third kappa shape index (κ3) is 2.60. The van der Waals surface area contributed by atoms with Crippen LogP contribution in [0.15, 0.2) is 24.3 Å². The molecule has 21 heavy (non-hydrogen) atoms. The number of carbonyl (C=O) groups excluding carboxylic acids is 1. The number of rotatable bonds is 2. The summed E-state index contributed by atoms with van der Waals surface area (Å²) in [5.41, 5.74) is 2.25. The highest BCUT2D eigenvalue weighted by Gasteiger charge is 2.26. The van der Waals surface area contributed by atoms with Gasteiger partial charge in [-0.3, -0.25) is 4.68 Å². The number of carbonyl (C=O) groups is 1. The van der Waals surface area contributed by atoms with Gasteiger partial charge in [-0.2, -0.15) is 5.10 Å². The Balaban J connectivity index is 1.76. The minimum atomic E-state index is -0.197. The Morgan fingerprint density at radius 3 is 2.76 bits per heavy atom. The molecule has 1 aliphatic heterocycles. The van der Waals surface area contributed by atoms with Crippen molar-refractivity contribution in [3.63, 3.8) is 0 Å². The molecule has 0 spiro atoms. The van der Waals surface area contributed by atoms with Crippen LogP contribution in [-0.4, -0.2) is 40.5 Å². The van der Waals surface area contributed by atoms with Gasteiger partial charge in [-0.15, -0.1) is 0 Å². The van der Waals surface area contributed by atoms with Gasteiger partial charge < -0.3 is 9.64 Å². The summed E-state index contributed by atoms with van der Waals surface area (Å²) in [4.78, 5) is 13.5. The van der Waals surface area contributed by atoms with Crippen LogP contribution in [0.3, 0.4) is 0 Å². The lowest BCUT2D eigenvalue weighted by Crippen LogP contribution is -2.39. The molecule has 1 amide bonds. The number of aromatic nitrogens is 2. The molecule has 2 aromatic rings. The van der Waals surface area contributed by atoms with Gasteiger partial charge in [-0.1, -0.05) is 18.2 Å². The Hall–Kier alpha value is -2.04. The van der Waals surface area contributed by atoms with Crippen molar-refractivity contribution in [2.24, 2.45) is 0 Å². The second-order valence-corrected chi connectivity index (χ2v) is 5.46. The average molecular weight is 287 g/mol. The van der Waals surface area contributed by atoms with Crippen molar-refractivity contribution >= 4 is 17.0 Å². The number of nitrogens with zero attached hydrogens (tertiary/aromatic N) is 3. The third-order valence-electron chi connectivity index (χ3n) is 4.13. The number of benzene rings is 1. The van der Waals surface area contributed by atoms with Gasteiger partial charge in [0.2, 0.25) is 0 Å². The second-order valence-electron chi connectivity index (χ2n) is 5.46. The van der Waals surface area contributed by atoms with E-state index >= 15 is 0 Å². The van der Waals surface area contributed by atoms with E-state index in [1.807, 2.05) is 26.0 Å². The molecule has 3 rings (SSSR count). The highest BCUT2D eigenvalue weighted by molar-refractivity contribution is 5.81. The Morgan fingerprint density at radius 2 is 2.05 bits per heavy atom. The molecule has 112 valence electrons. The maximum absolute atomic E-state index is 11.7. The fraction of sp³-hybridized carbons (Fsp3) is 0.500. The lowest BCUT2D eigenvalue weighted by molar-refractivity contribution is 0.0919. The monoisotopic (exact) mass is 287 g/mol. The van der Waals surface area contributed by atoms with Gasteiger partial charge >= 0.3 is 6.09 Å². The second kappa shape index (κ2) is 5.76. The van der Waals surface area contributed by atoms with Gasteiger partial charge in [0.1, 0.15) is 0 Å². The number of hydrogen-bond donors (Lipinski definition) is 0. The van der Waals surface area contributed by atoms with Crippen molar-refractivity contribution in [2.45, 2.75) is 32.7 Å². The normalized spacial score (nSPS) is 16.4. The Kier molecular flexibility index (Phi) is 3.82. The molecule has 1 aromatic carbocycles. The summed E-state index contributed by atoms with van der Waals surface area (Å²) < 4.78 is 7.19. The summed E-state index contributed by atoms with van der Waals surface area (Å²) in [6, 6.07) is 8.68. The molecule has 0 unspecified atom stereocenters. The van der Waals surface area contributed by atoms with Crippen LogP contribution in [0.25, 0.3) is 10.9 Å². The van der Waals surface area contributed by atoms with E-state index in [0.717, 1.165) is 31.6 Å². The highest BCUT2D eigenvalue weighted by Crippen LogP contribution is 2.28. The first-order valence-electron chi connectivity index (χ1n) is 7.56. The van der Waals surface area contributed by atoms with E-state index in [0.29, 0.717) is 12.6 Å². The van der Waals surface area contributed by atoms with Crippen LogP contribution in [0.2, 0.25) is 0 Å². The predicted octanol–water partition coefficient (Wildman–Crippen LogP) is 3.14. The van der Waals surface area contributed by atoms with Gasteiger partial charge in [0.15, 0.2) is 0 Å².